The summed E-state index contributed by atoms with van der Waals surface area (Å²) < 4.78 is 0. The van der Waals surface area contributed by atoms with Gasteiger partial charge in [0, 0.05) is 37.8 Å². The molecule has 1 saturated heterocycles. The number of hydrogen-bond acceptors (Lipinski definition) is 4. The zero-order chi connectivity index (χ0) is 14.0. The topological polar surface area (TPSA) is 58.4 Å². The average molecular weight is 284 g/mol. The van der Waals surface area contributed by atoms with Crippen LogP contribution in [0, 0.1) is 10.1 Å². The SMILES string of the molecule is CC1CN(Cc2ccc(Cl)c([N+](=O)[O-])c2)C(C)CN1. The van der Waals surface area contributed by atoms with Gasteiger partial charge in [0.15, 0.2) is 0 Å². The summed E-state index contributed by atoms with van der Waals surface area (Å²) in [7, 11) is 0. The Hall–Kier alpha value is -1.17. The Morgan fingerprint density at radius 1 is 1.53 bits per heavy atom. The van der Waals surface area contributed by atoms with Crippen LogP contribution >= 0.6 is 11.6 Å². The highest BCUT2D eigenvalue weighted by atomic mass is 35.5. The molecule has 2 rings (SSSR count). The van der Waals surface area contributed by atoms with E-state index in [9.17, 15) is 10.1 Å². The predicted octanol–water partition coefficient (Wildman–Crippen LogP) is 2.43. The van der Waals surface area contributed by atoms with E-state index >= 15 is 0 Å². The maximum Gasteiger partial charge on any atom is 0.288 e. The first-order chi connectivity index (χ1) is 8.97. The van der Waals surface area contributed by atoms with Crippen molar-refractivity contribution in [2.75, 3.05) is 13.1 Å². The van der Waals surface area contributed by atoms with Crippen molar-refractivity contribution >= 4 is 17.3 Å². The van der Waals surface area contributed by atoms with Crippen LogP contribution in [-0.2, 0) is 6.54 Å². The molecule has 104 valence electrons. The monoisotopic (exact) mass is 283 g/mol. The van der Waals surface area contributed by atoms with Crippen LogP contribution in [0.5, 0.6) is 0 Å². The summed E-state index contributed by atoms with van der Waals surface area (Å²) in [5, 5.41) is 14.5. The van der Waals surface area contributed by atoms with Gasteiger partial charge in [-0.2, -0.15) is 0 Å². The third-order valence-electron chi connectivity index (χ3n) is 3.49. The number of piperazine rings is 1. The number of benzene rings is 1. The second kappa shape index (κ2) is 5.86. The molecule has 1 fully saturated rings. The summed E-state index contributed by atoms with van der Waals surface area (Å²) in [6, 6.07) is 5.89. The predicted molar refractivity (Wildman–Crippen MR) is 75.4 cm³/mol. The van der Waals surface area contributed by atoms with Crippen molar-refractivity contribution in [1.29, 1.82) is 0 Å². The largest absolute Gasteiger partial charge is 0.311 e. The molecule has 1 aromatic carbocycles. The van der Waals surface area contributed by atoms with Crippen molar-refractivity contribution in [3.8, 4) is 0 Å². The Balaban J connectivity index is 2.14. The van der Waals surface area contributed by atoms with Gasteiger partial charge in [0.05, 0.1) is 4.92 Å². The molecule has 6 heteroatoms. The lowest BCUT2D eigenvalue weighted by molar-refractivity contribution is -0.384. The van der Waals surface area contributed by atoms with Crippen LogP contribution in [0.1, 0.15) is 19.4 Å². The van der Waals surface area contributed by atoms with Gasteiger partial charge in [-0.3, -0.25) is 15.0 Å². The highest BCUT2D eigenvalue weighted by Crippen LogP contribution is 2.26. The molecule has 1 aliphatic heterocycles. The van der Waals surface area contributed by atoms with Gasteiger partial charge in [0.2, 0.25) is 0 Å². The molecular weight excluding hydrogens is 266 g/mol. The van der Waals surface area contributed by atoms with E-state index < -0.39 is 4.92 Å². The maximum absolute atomic E-state index is 10.9. The third kappa shape index (κ3) is 3.43. The van der Waals surface area contributed by atoms with Gasteiger partial charge in [-0.1, -0.05) is 17.7 Å². The minimum atomic E-state index is -0.435. The fourth-order valence-electron chi connectivity index (χ4n) is 2.35. The molecule has 0 aliphatic carbocycles. The zero-order valence-corrected chi connectivity index (χ0v) is 11.9. The molecule has 0 radical (unpaired) electrons. The molecule has 0 amide bonds. The summed E-state index contributed by atoms with van der Waals surface area (Å²) in [4.78, 5) is 12.8. The van der Waals surface area contributed by atoms with Crippen molar-refractivity contribution in [2.45, 2.75) is 32.5 Å². The van der Waals surface area contributed by atoms with Crippen LogP contribution in [-0.4, -0.2) is 35.0 Å². The quantitative estimate of drug-likeness (QED) is 0.684. The molecule has 0 saturated carbocycles. The first kappa shape index (κ1) is 14.2. The third-order valence-corrected chi connectivity index (χ3v) is 3.81. The van der Waals surface area contributed by atoms with Gasteiger partial charge in [-0.15, -0.1) is 0 Å². The fourth-order valence-corrected chi connectivity index (χ4v) is 2.54. The Bertz CT molecular complexity index is 481. The maximum atomic E-state index is 10.9. The number of nitro benzene ring substituents is 1. The highest BCUT2D eigenvalue weighted by molar-refractivity contribution is 6.32. The Morgan fingerprint density at radius 2 is 2.26 bits per heavy atom. The van der Waals surface area contributed by atoms with E-state index in [4.69, 9.17) is 11.6 Å². The van der Waals surface area contributed by atoms with Crippen molar-refractivity contribution < 1.29 is 4.92 Å². The van der Waals surface area contributed by atoms with E-state index in [0.717, 1.165) is 18.7 Å². The molecule has 5 nitrogen and oxygen atoms in total. The molecule has 1 aliphatic rings. The second-order valence-electron chi connectivity index (χ2n) is 5.13. The van der Waals surface area contributed by atoms with E-state index in [-0.39, 0.29) is 10.7 Å². The van der Waals surface area contributed by atoms with Crippen molar-refractivity contribution in [3.63, 3.8) is 0 Å². The molecule has 0 aromatic heterocycles. The van der Waals surface area contributed by atoms with Gasteiger partial charge in [-0.25, -0.2) is 0 Å². The molecule has 2 unspecified atom stereocenters. The van der Waals surface area contributed by atoms with E-state index in [1.807, 2.05) is 6.07 Å². The average Bonchev–Trinajstić information content (AvgIpc) is 2.36. The Kier molecular flexibility index (Phi) is 4.39. The van der Waals surface area contributed by atoms with Gasteiger partial charge < -0.3 is 5.32 Å². The molecule has 0 spiro atoms. The van der Waals surface area contributed by atoms with Crippen molar-refractivity contribution in [2.24, 2.45) is 0 Å². The number of hydrogen-bond donors (Lipinski definition) is 1. The minimum absolute atomic E-state index is 0.0185. The number of nitro groups is 1. The molecule has 2 atom stereocenters. The second-order valence-corrected chi connectivity index (χ2v) is 5.54. The Labute approximate surface area is 117 Å². The number of nitrogens with zero attached hydrogens (tertiary/aromatic N) is 2. The van der Waals surface area contributed by atoms with Gasteiger partial charge in [0.25, 0.3) is 5.69 Å². The van der Waals surface area contributed by atoms with Gasteiger partial charge in [-0.05, 0) is 25.5 Å². The first-order valence-electron chi connectivity index (χ1n) is 6.37. The summed E-state index contributed by atoms with van der Waals surface area (Å²) in [5.41, 5.74) is 0.909. The highest BCUT2D eigenvalue weighted by Gasteiger charge is 2.23. The lowest BCUT2D eigenvalue weighted by atomic mass is 10.1. The molecular formula is C13H18ClN3O2. The standard InChI is InChI=1S/C13H18ClN3O2/c1-9-7-16(10(2)6-15-9)8-11-3-4-12(14)13(5-11)17(18)19/h3-5,9-10,15H,6-8H2,1-2H3. The fraction of sp³-hybridized carbons (Fsp3) is 0.538. The van der Waals surface area contributed by atoms with Gasteiger partial charge >= 0.3 is 0 Å². The van der Waals surface area contributed by atoms with Crippen LogP contribution in [0.25, 0.3) is 0 Å². The Morgan fingerprint density at radius 3 is 2.95 bits per heavy atom. The summed E-state index contributed by atoms with van der Waals surface area (Å²) in [5.74, 6) is 0. The van der Waals surface area contributed by atoms with Crippen LogP contribution in [0.3, 0.4) is 0 Å². The number of nitrogens with one attached hydrogen (secondary N) is 1. The normalized spacial score (nSPS) is 24.4. The molecule has 0 bridgehead atoms. The van der Waals surface area contributed by atoms with E-state index in [0.29, 0.717) is 18.6 Å². The smallest absolute Gasteiger partial charge is 0.288 e. The molecule has 1 heterocycles. The van der Waals surface area contributed by atoms with Crippen molar-refractivity contribution in [3.05, 3.63) is 38.9 Å². The van der Waals surface area contributed by atoms with Gasteiger partial charge in [0.1, 0.15) is 5.02 Å². The van der Waals surface area contributed by atoms with E-state index in [2.05, 4.69) is 24.1 Å². The summed E-state index contributed by atoms with van der Waals surface area (Å²) >= 11 is 5.82. The van der Waals surface area contributed by atoms with Crippen LogP contribution in [0.4, 0.5) is 5.69 Å². The molecule has 1 N–H and O–H groups in total. The number of halogens is 1. The van der Waals surface area contributed by atoms with E-state index in [1.165, 1.54) is 0 Å². The minimum Gasteiger partial charge on any atom is -0.311 e. The van der Waals surface area contributed by atoms with E-state index in [1.54, 1.807) is 12.1 Å². The summed E-state index contributed by atoms with van der Waals surface area (Å²) in [6.07, 6.45) is 0. The molecule has 1 aromatic rings. The lowest BCUT2D eigenvalue weighted by Gasteiger charge is -2.37. The van der Waals surface area contributed by atoms with Crippen LogP contribution in [0.2, 0.25) is 5.02 Å². The van der Waals surface area contributed by atoms with Crippen molar-refractivity contribution in [1.82, 2.24) is 10.2 Å². The zero-order valence-electron chi connectivity index (χ0n) is 11.1. The molecule has 19 heavy (non-hydrogen) atoms. The summed E-state index contributed by atoms with van der Waals surface area (Å²) in [6.45, 7) is 6.89. The first-order valence-corrected chi connectivity index (χ1v) is 6.75. The van der Waals surface area contributed by atoms with Crippen LogP contribution < -0.4 is 5.32 Å². The number of rotatable bonds is 3. The van der Waals surface area contributed by atoms with Crippen LogP contribution in [0.15, 0.2) is 18.2 Å². The lowest BCUT2D eigenvalue weighted by Crippen LogP contribution is -2.53.